The third-order valence-electron chi connectivity index (χ3n) is 13.3. The molecular formula is C32H50O5. The number of carboxylic acids is 1. The first-order valence-corrected chi connectivity index (χ1v) is 14.7. The molecule has 10 atom stereocenters. The minimum absolute atomic E-state index is 0.0132. The normalized spacial score (nSPS) is 51.6. The highest BCUT2D eigenvalue weighted by molar-refractivity contribution is 5.76. The highest BCUT2D eigenvalue weighted by Crippen LogP contribution is 2.75. The fraction of sp³-hybridized carbons (Fsp3) is 0.875. The second kappa shape index (κ2) is 8.08. The molecule has 0 saturated heterocycles. The van der Waals surface area contributed by atoms with Crippen LogP contribution in [0.3, 0.4) is 0 Å². The molecule has 5 heteroatoms. The van der Waals surface area contributed by atoms with E-state index in [1.165, 1.54) is 6.92 Å². The standard InChI is InChI=1S/C32H50O5/c1-19(33)37-25-22(34)18-29(6)23(28(25,4)5)11-12-31(8)24(29)10-9-20-21-17-27(2,3)13-15-32(21,26(35)36)16-14-30(20,31)7/h9-10,20-25,34H,11-18H2,1-8H3,(H,35,36). The molecule has 208 valence electrons. The molecule has 5 rings (SSSR count). The Morgan fingerprint density at radius 2 is 1.51 bits per heavy atom. The molecule has 0 aromatic carbocycles. The number of allylic oxidation sites excluding steroid dienone is 2. The van der Waals surface area contributed by atoms with E-state index < -0.39 is 23.6 Å². The van der Waals surface area contributed by atoms with Crippen LogP contribution in [-0.2, 0) is 14.3 Å². The van der Waals surface area contributed by atoms with E-state index in [0.717, 1.165) is 44.9 Å². The van der Waals surface area contributed by atoms with Gasteiger partial charge >= 0.3 is 11.9 Å². The van der Waals surface area contributed by atoms with Crippen molar-refractivity contribution in [2.24, 2.45) is 56.2 Å². The molecule has 0 heterocycles. The van der Waals surface area contributed by atoms with Gasteiger partial charge in [-0.15, -0.1) is 0 Å². The molecule has 2 N–H and O–H groups in total. The molecule has 0 bridgehead atoms. The minimum atomic E-state index is -0.688. The number of esters is 1. The zero-order valence-electron chi connectivity index (χ0n) is 24.4. The van der Waals surface area contributed by atoms with Gasteiger partial charge in [0.05, 0.1) is 11.5 Å². The molecule has 5 aliphatic carbocycles. The van der Waals surface area contributed by atoms with Gasteiger partial charge in [0, 0.05) is 12.3 Å². The number of hydrogen-bond donors (Lipinski definition) is 2. The predicted molar refractivity (Wildman–Crippen MR) is 144 cm³/mol. The summed E-state index contributed by atoms with van der Waals surface area (Å²) in [5.74, 6) is 0.128. The Morgan fingerprint density at radius 3 is 2.14 bits per heavy atom. The maximum Gasteiger partial charge on any atom is 0.309 e. The van der Waals surface area contributed by atoms with E-state index in [1.54, 1.807) is 0 Å². The zero-order valence-corrected chi connectivity index (χ0v) is 24.4. The minimum Gasteiger partial charge on any atom is -0.481 e. The summed E-state index contributed by atoms with van der Waals surface area (Å²) in [7, 11) is 0. The topological polar surface area (TPSA) is 83.8 Å². The van der Waals surface area contributed by atoms with Crippen molar-refractivity contribution < 1.29 is 24.5 Å². The second-order valence-electron chi connectivity index (χ2n) is 15.9. The third-order valence-corrected chi connectivity index (χ3v) is 13.3. The molecule has 5 nitrogen and oxygen atoms in total. The van der Waals surface area contributed by atoms with Crippen LogP contribution < -0.4 is 0 Å². The van der Waals surface area contributed by atoms with E-state index in [1.807, 2.05) is 0 Å². The average molecular weight is 515 g/mol. The Hall–Kier alpha value is -1.36. The molecule has 37 heavy (non-hydrogen) atoms. The molecule has 0 radical (unpaired) electrons. The van der Waals surface area contributed by atoms with Gasteiger partial charge in [-0.3, -0.25) is 9.59 Å². The number of aliphatic hydroxyl groups excluding tert-OH is 1. The van der Waals surface area contributed by atoms with Gasteiger partial charge in [0.25, 0.3) is 0 Å². The summed E-state index contributed by atoms with van der Waals surface area (Å²) in [6.07, 6.45) is 10.9. The van der Waals surface area contributed by atoms with Gasteiger partial charge in [-0.2, -0.15) is 0 Å². The van der Waals surface area contributed by atoms with E-state index in [2.05, 4.69) is 60.6 Å². The lowest BCUT2D eigenvalue weighted by molar-refractivity contribution is -0.244. The third kappa shape index (κ3) is 3.50. The lowest BCUT2D eigenvalue weighted by Crippen LogP contribution is -2.68. The Morgan fingerprint density at radius 1 is 0.865 bits per heavy atom. The first-order valence-electron chi connectivity index (χ1n) is 14.7. The van der Waals surface area contributed by atoms with Crippen LogP contribution >= 0.6 is 0 Å². The number of carbonyl (C=O) groups excluding carboxylic acids is 1. The van der Waals surface area contributed by atoms with Crippen LogP contribution in [0.25, 0.3) is 0 Å². The quantitative estimate of drug-likeness (QED) is 0.319. The second-order valence-corrected chi connectivity index (χ2v) is 15.9. The first-order chi connectivity index (χ1) is 16.9. The number of aliphatic carboxylic acids is 1. The van der Waals surface area contributed by atoms with Gasteiger partial charge in [-0.05, 0) is 96.7 Å². The van der Waals surface area contributed by atoms with Crippen molar-refractivity contribution in [1.29, 1.82) is 0 Å². The van der Waals surface area contributed by atoms with E-state index in [4.69, 9.17) is 4.74 Å². The predicted octanol–water partition coefficient (Wildman–Crippen LogP) is 6.63. The van der Waals surface area contributed by atoms with Crippen molar-refractivity contribution in [2.45, 2.75) is 119 Å². The van der Waals surface area contributed by atoms with Crippen molar-refractivity contribution in [3.8, 4) is 0 Å². The van der Waals surface area contributed by atoms with Gasteiger partial charge in [-0.25, -0.2) is 0 Å². The maximum atomic E-state index is 12.8. The zero-order chi connectivity index (χ0) is 27.4. The summed E-state index contributed by atoms with van der Waals surface area (Å²) < 4.78 is 5.73. The number of carboxylic acid groups (broad SMARTS) is 1. The SMILES string of the molecule is CC(=O)OC1C(O)CC2(C)C(CCC3(C)C2C=CC2C4CC(C)(C)CCC4(C(=O)O)CCC23C)C1(C)C. The van der Waals surface area contributed by atoms with Crippen LogP contribution in [0.5, 0.6) is 0 Å². The number of rotatable bonds is 2. The van der Waals surface area contributed by atoms with Crippen molar-refractivity contribution in [3.63, 3.8) is 0 Å². The Kier molecular flexibility index (Phi) is 5.95. The summed E-state index contributed by atoms with van der Waals surface area (Å²) in [6, 6.07) is 0. The number of carbonyl (C=O) groups is 2. The average Bonchev–Trinajstić information content (AvgIpc) is 2.76. The molecule has 4 saturated carbocycles. The summed E-state index contributed by atoms with van der Waals surface area (Å²) in [5, 5.41) is 21.9. The number of aliphatic hydroxyl groups is 1. The highest BCUT2D eigenvalue weighted by Gasteiger charge is 2.71. The number of fused-ring (bicyclic) bond motifs is 7. The molecule has 5 aliphatic rings. The van der Waals surface area contributed by atoms with Crippen LogP contribution in [0.15, 0.2) is 12.2 Å². The summed E-state index contributed by atoms with van der Waals surface area (Å²) in [5.41, 5.74) is -0.851. The fourth-order valence-corrected chi connectivity index (χ4v) is 11.2. The van der Waals surface area contributed by atoms with E-state index in [9.17, 15) is 19.8 Å². The lowest BCUT2D eigenvalue weighted by Gasteiger charge is -2.72. The van der Waals surface area contributed by atoms with Crippen LogP contribution in [-0.4, -0.2) is 34.4 Å². The van der Waals surface area contributed by atoms with Gasteiger partial charge in [0.15, 0.2) is 0 Å². The van der Waals surface area contributed by atoms with Crippen LogP contribution in [0, 0.1) is 56.2 Å². The van der Waals surface area contributed by atoms with E-state index in [-0.39, 0.29) is 44.9 Å². The van der Waals surface area contributed by atoms with E-state index >= 15 is 0 Å². The largest absolute Gasteiger partial charge is 0.481 e. The van der Waals surface area contributed by atoms with E-state index in [0.29, 0.717) is 18.3 Å². The smallest absolute Gasteiger partial charge is 0.309 e. The molecule has 0 spiro atoms. The summed E-state index contributed by atoms with van der Waals surface area (Å²) in [6.45, 7) is 17.8. The molecule has 0 amide bonds. The molecule has 0 aromatic rings. The van der Waals surface area contributed by atoms with Crippen molar-refractivity contribution in [2.75, 3.05) is 0 Å². The fourth-order valence-electron chi connectivity index (χ4n) is 11.2. The highest BCUT2D eigenvalue weighted by atomic mass is 16.6. The van der Waals surface area contributed by atoms with Gasteiger partial charge < -0.3 is 14.9 Å². The Balaban J connectivity index is 1.57. The molecular weight excluding hydrogens is 464 g/mol. The van der Waals surface area contributed by atoms with Gasteiger partial charge in [0.2, 0.25) is 0 Å². The van der Waals surface area contributed by atoms with Crippen molar-refractivity contribution >= 4 is 11.9 Å². The monoisotopic (exact) mass is 514 g/mol. The summed E-state index contributed by atoms with van der Waals surface area (Å²) >= 11 is 0. The Labute approximate surface area is 223 Å². The number of hydrogen-bond acceptors (Lipinski definition) is 4. The summed E-state index contributed by atoms with van der Waals surface area (Å²) in [4.78, 5) is 24.7. The van der Waals surface area contributed by atoms with Gasteiger partial charge in [0.1, 0.15) is 6.10 Å². The van der Waals surface area contributed by atoms with Crippen molar-refractivity contribution in [3.05, 3.63) is 12.2 Å². The first kappa shape index (κ1) is 27.2. The molecule has 4 fully saturated rings. The Bertz CT molecular complexity index is 1010. The molecule has 0 aromatic heterocycles. The van der Waals surface area contributed by atoms with Crippen molar-refractivity contribution in [1.82, 2.24) is 0 Å². The lowest BCUT2D eigenvalue weighted by atomic mass is 9.32. The van der Waals surface area contributed by atoms with Crippen LogP contribution in [0.4, 0.5) is 0 Å². The molecule has 10 unspecified atom stereocenters. The van der Waals surface area contributed by atoms with Gasteiger partial charge in [-0.1, -0.05) is 60.6 Å². The maximum absolute atomic E-state index is 12.8. The number of ether oxygens (including phenoxy) is 1. The van der Waals surface area contributed by atoms with Crippen LogP contribution in [0.1, 0.15) is 107 Å². The molecule has 0 aliphatic heterocycles. The van der Waals surface area contributed by atoms with Crippen LogP contribution in [0.2, 0.25) is 0 Å².